The number of pyridine rings is 1. The van der Waals surface area contributed by atoms with E-state index in [-0.39, 0.29) is 17.1 Å². The molecule has 0 aliphatic carbocycles. The third-order valence-electron chi connectivity index (χ3n) is 2.24. The molecule has 0 saturated carbocycles. The summed E-state index contributed by atoms with van der Waals surface area (Å²) in [4.78, 5) is 3.76. The molecule has 2 N–H and O–H groups in total. The first-order valence-corrected chi connectivity index (χ1v) is 7.14. The zero-order valence-electron chi connectivity index (χ0n) is 10.6. The molecule has 1 aromatic rings. The molecule has 8 heteroatoms. The van der Waals surface area contributed by atoms with Crippen LogP contribution in [-0.4, -0.2) is 46.8 Å². The first-order chi connectivity index (χ1) is 9.10. The van der Waals surface area contributed by atoms with Crippen LogP contribution in [-0.2, 0) is 14.8 Å². The summed E-state index contributed by atoms with van der Waals surface area (Å²) in [6, 6.07) is 4.55. The highest BCUT2D eigenvalue weighted by Crippen LogP contribution is 2.06. The van der Waals surface area contributed by atoms with Gasteiger partial charge in [-0.3, -0.25) is 0 Å². The van der Waals surface area contributed by atoms with Crippen molar-refractivity contribution in [1.82, 2.24) is 15.0 Å². The van der Waals surface area contributed by atoms with E-state index in [9.17, 15) is 8.42 Å². The fourth-order valence-corrected chi connectivity index (χ4v) is 2.24. The SMILES string of the molecule is COCCNCCNS(=O)(=O)c1ccc(C#N)nc1. The number of aromatic nitrogens is 1. The third-order valence-corrected chi connectivity index (χ3v) is 3.68. The molecule has 7 nitrogen and oxygen atoms in total. The Hall–Kier alpha value is -1.53. The molecule has 0 unspecified atom stereocenters. The molecule has 0 spiro atoms. The summed E-state index contributed by atoms with van der Waals surface area (Å²) >= 11 is 0. The van der Waals surface area contributed by atoms with Crippen molar-refractivity contribution >= 4 is 10.0 Å². The molecule has 1 aromatic heterocycles. The normalized spacial score (nSPS) is 11.2. The molecule has 1 rings (SSSR count). The maximum Gasteiger partial charge on any atom is 0.242 e. The Bertz CT molecular complexity index is 522. The second-order valence-corrected chi connectivity index (χ2v) is 5.40. The van der Waals surface area contributed by atoms with E-state index in [0.29, 0.717) is 19.7 Å². The standard InChI is InChI=1S/C11H16N4O3S/c1-18-7-6-13-4-5-15-19(16,17)11-3-2-10(8-12)14-9-11/h2-3,9,13,15H,4-7H2,1H3. The van der Waals surface area contributed by atoms with Crippen LogP contribution in [0.2, 0.25) is 0 Å². The summed E-state index contributed by atoms with van der Waals surface area (Å²) in [5, 5.41) is 11.6. The molecule has 0 fully saturated rings. The van der Waals surface area contributed by atoms with Gasteiger partial charge in [-0.2, -0.15) is 5.26 Å². The molecule has 0 aliphatic rings. The van der Waals surface area contributed by atoms with Crippen molar-refractivity contribution in [2.45, 2.75) is 4.90 Å². The molecule has 0 radical (unpaired) electrons. The van der Waals surface area contributed by atoms with Gasteiger partial charge in [0.05, 0.1) is 6.61 Å². The molecule has 1 heterocycles. The zero-order valence-corrected chi connectivity index (χ0v) is 11.4. The lowest BCUT2D eigenvalue weighted by atomic mass is 10.4. The predicted octanol–water partition coefficient (Wildman–Crippen LogP) is -0.532. The van der Waals surface area contributed by atoms with E-state index in [1.54, 1.807) is 7.11 Å². The summed E-state index contributed by atoms with van der Waals surface area (Å²) in [7, 11) is -1.97. The van der Waals surface area contributed by atoms with E-state index in [4.69, 9.17) is 10.00 Å². The van der Waals surface area contributed by atoms with Crippen LogP contribution < -0.4 is 10.0 Å². The first kappa shape index (κ1) is 15.5. The number of hydrogen-bond acceptors (Lipinski definition) is 6. The molecule has 0 saturated heterocycles. The lowest BCUT2D eigenvalue weighted by Crippen LogP contribution is -2.33. The van der Waals surface area contributed by atoms with E-state index >= 15 is 0 Å². The predicted molar refractivity (Wildman–Crippen MR) is 68.9 cm³/mol. The highest BCUT2D eigenvalue weighted by Gasteiger charge is 2.13. The van der Waals surface area contributed by atoms with Crippen LogP contribution in [0.15, 0.2) is 23.2 Å². The molecule has 0 bridgehead atoms. The van der Waals surface area contributed by atoms with Crippen LogP contribution in [0.4, 0.5) is 0 Å². The van der Waals surface area contributed by atoms with E-state index in [1.807, 2.05) is 6.07 Å². The lowest BCUT2D eigenvalue weighted by Gasteiger charge is -2.07. The van der Waals surface area contributed by atoms with Gasteiger partial charge in [-0.05, 0) is 12.1 Å². The number of hydrogen-bond donors (Lipinski definition) is 2. The highest BCUT2D eigenvalue weighted by atomic mass is 32.2. The zero-order chi connectivity index (χ0) is 14.1. The van der Waals surface area contributed by atoms with Crippen molar-refractivity contribution in [2.75, 3.05) is 33.4 Å². The molecule has 0 amide bonds. The number of nitrogens with zero attached hydrogens (tertiary/aromatic N) is 2. The van der Waals surface area contributed by atoms with Crippen LogP contribution in [0.25, 0.3) is 0 Å². The second-order valence-electron chi connectivity index (χ2n) is 3.63. The van der Waals surface area contributed by atoms with Gasteiger partial charge in [0.2, 0.25) is 10.0 Å². The number of rotatable bonds is 8. The smallest absolute Gasteiger partial charge is 0.242 e. The average Bonchev–Trinajstić information content (AvgIpc) is 2.43. The Morgan fingerprint density at radius 1 is 1.37 bits per heavy atom. The minimum absolute atomic E-state index is 0.0448. The number of ether oxygens (including phenoxy) is 1. The topological polar surface area (TPSA) is 104 Å². The van der Waals surface area contributed by atoms with Gasteiger partial charge >= 0.3 is 0 Å². The summed E-state index contributed by atoms with van der Waals surface area (Å²) < 4.78 is 30.9. The molecule has 104 valence electrons. The van der Waals surface area contributed by atoms with Gasteiger partial charge in [-0.25, -0.2) is 18.1 Å². The molecule has 19 heavy (non-hydrogen) atoms. The summed E-state index contributed by atoms with van der Waals surface area (Å²) in [5.41, 5.74) is 0.181. The van der Waals surface area contributed by atoms with Gasteiger partial charge in [0.1, 0.15) is 16.7 Å². The van der Waals surface area contributed by atoms with Gasteiger partial charge < -0.3 is 10.1 Å². The minimum atomic E-state index is -3.57. The maximum absolute atomic E-state index is 11.8. The Labute approximate surface area is 112 Å². The first-order valence-electron chi connectivity index (χ1n) is 5.65. The average molecular weight is 284 g/mol. The van der Waals surface area contributed by atoms with E-state index in [2.05, 4.69) is 15.0 Å². The largest absolute Gasteiger partial charge is 0.383 e. The maximum atomic E-state index is 11.8. The fraction of sp³-hybridized carbons (Fsp3) is 0.455. The Balaban J connectivity index is 2.45. The van der Waals surface area contributed by atoms with Crippen LogP contribution in [0.3, 0.4) is 0 Å². The Kier molecular flexibility index (Phi) is 6.38. The summed E-state index contributed by atoms with van der Waals surface area (Å²) in [5.74, 6) is 0. The molecule has 0 aliphatic heterocycles. The number of nitrogens with one attached hydrogen (secondary N) is 2. The number of methoxy groups -OCH3 is 1. The highest BCUT2D eigenvalue weighted by molar-refractivity contribution is 7.89. The van der Waals surface area contributed by atoms with Gasteiger partial charge in [-0.1, -0.05) is 0 Å². The van der Waals surface area contributed by atoms with Gasteiger partial charge in [0, 0.05) is 32.9 Å². The summed E-state index contributed by atoms with van der Waals surface area (Å²) in [6.07, 6.45) is 1.17. The number of sulfonamides is 1. The van der Waals surface area contributed by atoms with Crippen LogP contribution >= 0.6 is 0 Å². The van der Waals surface area contributed by atoms with E-state index < -0.39 is 10.0 Å². The van der Waals surface area contributed by atoms with Crippen molar-refractivity contribution in [3.05, 3.63) is 24.0 Å². The molecular formula is C11H16N4O3S. The fourth-order valence-electron chi connectivity index (χ4n) is 1.26. The lowest BCUT2D eigenvalue weighted by molar-refractivity contribution is 0.199. The van der Waals surface area contributed by atoms with Crippen LogP contribution in [0.5, 0.6) is 0 Å². The van der Waals surface area contributed by atoms with E-state index in [0.717, 1.165) is 0 Å². The molecule has 0 atom stereocenters. The second kappa shape index (κ2) is 7.81. The molecule has 0 aromatic carbocycles. The summed E-state index contributed by atoms with van der Waals surface area (Å²) in [6.45, 7) is 2.02. The van der Waals surface area contributed by atoms with Gasteiger partial charge in [-0.15, -0.1) is 0 Å². The quantitative estimate of drug-likeness (QED) is 0.622. The van der Waals surface area contributed by atoms with Crippen molar-refractivity contribution in [2.24, 2.45) is 0 Å². The number of nitriles is 1. The van der Waals surface area contributed by atoms with Crippen LogP contribution in [0, 0.1) is 11.3 Å². The van der Waals surface area contributed by atoms with Crippen molar-refractivity contribution in [3.8, 4) is 6.07 Å². The van der Waals surface area contributed by atoms with Crippen LogP contribution in [0.1, 0.15) is 5.69 Å². The van der Waals surface area contributed by atoms with Gasteiger partial charge in [0.15, 0.2) is 0 Å². The minimum Gasteiger partial charge on any atom is -0.383 e. The van der Waals surface area contributed by atoms with Crippen molar-refractivity contribution in [1.29, 1.82) is 5.26 Å². The van der Waals surface area contributed by atoms with Crippen molar-refractivity contribution < 1.29 is 13.2 Å². The van der Waals surface area contributed by atoms with Crippen molar-refractivity contribution in [3.63, 3.8) is 0 Å². The molecular weight excluding hydrogens is 268 g/mol. The van der Waals surface area contributed by atoms with Gasteiger partial charge in [0.25, 0.3) is 0 Å². The monoisotopic (exact) mass is 284 g/mol. The Morgan fingerprint density at radius 3 is 2.74 bits per heavy atom. The Morgan fingerprint density at radius 2 is 2.16 bits per heavy atom. The third kappa shape index (κ3) is 5.32. The van der Waals surface area contributed by atoms with E-state index in [1.165, 1.54) is 18.3 Å².